The van der Waals surface area contributed by atoms with Crippen LogP contribution in [0.5, 0.6) is 11.5 Å². The molecular formula is C25H20Cl4N2O3S. The first-order valence-electron chi connectivity index (χ1n) is 10.4. The topological polar surface area (TPSA) is 59.6 Å². The van der Waals surface area contributed by atoms with E-state index in [1.54, 1.807) is 36.4 Å². The Hall–Kier alpha value is -2.22. The van der Waals surface area contributed by atoms with Crippen molar-refractivity contribution in [1.82, 2.24) is 5.32 Å². The van der Waals surface area contributed by atoms with E-state index in [0.717, 1.165) is 16.8 Å². The van der Waals surface area contributed by atoms with Gasteiger partial charge in [0.1, 0.15) is 6.61 Å². The molecule has 0 aliphatic carbocycles. The van der Waals surface area contributed by atoms with Crippen molar-refractivity contribution in [3.05, 3.63) is 90.2 Å². The number of hydrogen-bond donors (Lipinski definition) is 2. The number of carbonyl (C=O) groups excluding carboxylic acids is 1. The molecule has 2 N–H and O–H groups in total. The summed E-state index contributed by atoms with van der Waals surface area (Å²) in [5.74, 6) is 0.615. The van der Waals surface area contributed by atoms with Crippen LogP contribution >= 0.6 is 58.2 Å². The van der Waals surface area contributed by atoms with Gasteiger partial charge in [-0.2, -0.15) is 0 Å². The highest BCUT2D eigenvalue weighted by Crippen LogP contribution is 2.39. The number of amides is 1. The fourth-order valence-electron chi connectivity index (χ4n) is 3.36. The number of rotatable bonds is 7. The Kier molecular flexibility index (Phi) is 8.30. The van der Waals surface area contributed by atoms with E-state index in [1.807, 2.05) is 25.1 Å². The van der Waals surface area contributed by atoms with Crippen molar-refractivity contribution in [2.75, 3.05) is 12.4 Å². The Morgan fingerprint density at radius 2 is 1.77 bits per heavy atom. The highest BCUT2D eigenvalue weighted by molar-refractivity contribution is 8.05. The molecule has 3 aromatic rings. The average Bonchev–Trinajstić information content (AvgIpc) is 3.14. The highest BCUT2D eigenvalue weighted by atomic mass is 35.5. The third-order valence-electron chi connectivity index (χ3n) is 5.15. The Morgan fingerprint density at radius 1 is 1.03 bits per heavy atom. The number of aryl methyl sites for hydroxylation is 1. The number of anilines is 1. The minimum absolute atomic E-state index is 0.182. The summed E-state index contributed by atoms with van der Waals surface area (Å²) in [5.41, 5.74) is 2.99. The van der Waals surface area contributed by atoms with E-state index in [-0.39, 0.29) is 18.0 Å². The molecule has 35 heavy (non-hydrogen) atoms. The summed E-state index contributed by atoms with van der Waals surface area (Å²) in [7, 11) is 1.52. The van der Waals surface area contributed by atoms with Crippen molar-refractivity contribution < 1.29 is 14.3 Å². The van der Waals surface area contributed by atoms with E-state index in [2.05, 4.69) is 10.6 Å². The van der Waals surface area contributed by atoms with Gasteiger partial charge in [0.15, 0.2) is 17.0 Å². The minimum Gasteiger partial charge on any atom is -0.493 e. The van der Waals surface area contributed by atoms with E-state index >= 15 is 0 Å². The fraction of sp³-hybridized carbons (Fsp3) is 0.160. The van der Waals surface area contributed by atoms with Crippen LogP contribution in [0.3, 0.4) is 0 Å². The first-order valence-corrected chi connectivity index (χ1v) is 12.8. The maximum atomic E-state index is 12.6. The second-order valence-electron chi connectivity index (χ2n) is 7.64. The number of ether oxygens (including phenoxy) is 2. The fourth-order valence-corrected chi connectivity index (χ4v) is 5.24. The molecule has 0 aromatic heterocycles. The molecule has 1 aliphatic rings. The van der Waals surface area contributed by atoms with Gasteiger partial charge in [-0.1, -0.05) is 70.3 Å². The first kappa shape index (κ1) is 25.9. The van der Waals surface area contributed by atoms with Gasteiger partial charge in [-0.05, 0) is 60.5 Å². The quantitative estimate of drug-likeness (QED) is 0.284. The largest absolute Gasteiger partial charge is 0.493 e. The molecule has 1 atom stereocenters. The summed E-state index contributed by atoms with van der Waals surface area (Å²) in [6.07, 6.45) is 1.75. The Bertz CT molecular complexity index is 1320. The molecule has 5 nitrogen and oxygen atoms in total. The molecule has 1 aliphatic heterocycles. The highest BCUT2D eigenvalue weighted by Gasteiger charge is 2.27. The Balaban J connectivity index is 1.50. The van der Waals surface area contributed by atoms with Crippen molar-refractivity contribution in [3.8, 4) is 11.5 Å². The van der Waals surface area contributed by atoms with Crippen LogP contribution in [-0.2, 0) is 11.4 Å². The molecule has 1 amide bonds. The monoisotopic (exact) mass is 568 g/mol. The van der Waals surface area contributed by atoms with E-state index in [1.165, 1.54) is 18.9 Å². The molecule has 1 fully saturated rings. The number of methoxy groups -OCH3 is 1. The van der Waals surface area contributed by atoms with Gasteiger partial charge in [0.05, 0.1) is 17.0 Å². The third-order valence-corrected chi connectivity index (χ3v) is 7.29. The van der Waals surface area contributed by atoms with Crippen molar-refractivity contribution in [2.24, 2.45) is 0 Å². The molecule has 4 rings (SSSR count). The van der Waals surface area contributed by atoms with E-state index < -0.39 is 0 Å². The number of carbonyl (C=O) groups is 1. The lowest BCUT2D eigenvalue weighted by Crippen LogP contribution is -2.31. The van der Waals surface area contributed by atoms with Gasteiger partial charge in [0.25, 0.3) is 5.91 Å². The van der Waals surface area contributed by atoms with Crippen LogP contribution in [0, 0.1) is 6.92 Å². The van der Waals surface area contributed by atoms with Crippen LogP contribution in [0.2, 0.25) is 20.1 Å². The molecule has 1 unspecified atom stereocenters. The van der Waals surface area contributed by atoms with Gasteiger partial charge >= 0.3 is 0 Å². The van der Waals surface area contributed by atoms with Crippen molar-refractivity contribution >= 4 is 75.8 Å². The normalized spacial score (nSPS) is 16.3. The molecule has 3 aromatic carbocycles. The lowest BCUT2D eigenvalue weighted by atomic mass is 10.1. The first-order chi connectivity index (χ1) is 16.7. The zero-order chi connectivity index (χ0) is 25.1. The van der Waals surface area contributed by atoms with Crippen molar-refractivity contribution in [1.29, 1.82) is 0 Å². The molecule has 1 saturated heterocycles. The van der Waals surface area contributed by atoms with Gasteiger partial charge in [-0.15, -0.1) is 0 Å². The van der Waals surface area contributed by atoms with Gasteiger partial charge < -0.3 is 20.1 Å². The molecule has 10 heteroatoms. The van der Waals surface area contributed by atoms with E-state index in [9.17, 15) is 4.79 Å². The summed E-state index contributed by atoms with van der Waals surface area (Å²) in [4.78, 5) is 13.1. The summed E-state index contributed by atoms with van der Waals surface area (Å²) in [6, 6.07) is 14.2. The molecule has 0 saturated carbocycles. The Morgan fingerprint density at radius 3 is 2.51 bits per heavy atom. The molecule has 0 bridgehead atoms. The summed E-state index contributed by atoms with van der Waals surface area (Å²) < 4.78 is 11.4. The SMILES string of the molecule is COc1cc(/C=C2\SC(Nc3cc(Cl)ccc3C)NC2=O)cc(Cl)c1OCc1ccc(Cl)cc1Cl. The lowest BCUT2D eigenvalue weighted by Gasteiger charge is -2.15. The number of nitrogens with one attached hydrogen (secondary N) is 2. The van der Waals surface area contributed by atoms with E-state index in [0.29, 0.717) is 42.1 Å². The Labute approximate surface area is 227 Å². The maximum absolute atomic E-state index is 12.6. The number of halogens is 4. The molecule has 1 heterocycles. The average molecular weight is 570 g/mol. The summed E-state index contributed by atoms with van der Waals surface area (Å²) in [6.45, 7) is 2.15. The predicted molar refractivity (Wildman–Crippen MR) is 146 cm³/mol. The second kappa shape index (κ2) is 11.2. The van der Waals surface area contributed by atoms with Gasteiger partial charge in [0, 0.05) is 26.3 Å². The van der Waals surface area contributed by atoms with Gasteiger partial charge in [-0.25, -0.2) is 0 Å². The van der Waals surface area contributed by atoms with Crippen LogP contribution in [0.4, 0.5) is 5.69 Å². The van der Waals surface area contributed by atoms with E-state index in [4.69, 9.17) is 55.9 Å². The van der Waals surface area contributed by atoms with Crippen LogP contribution in [-0.4, -0.2) is 18.5 Å². The zero-order valence-corrected chi connectivity index (χ0v) is 22.5. The molecule has 0 radical (unpaired) electrons. The van der Waals surface area contributed by atoms with Gasteiger partial charge in [0.2, 0.25) is 0 Å². The predicted octanol–water partition coefficient (Wildman–Crippen LogP) is 7.80. The summed E-state index contributed by atoms with van der Waals surface area (Å²) in [5, 5.41) is 8.20. The smallest absolute Gasteiger partial charge is 0.260 e. The molecule has 0 spiro atoms. The van der Waals surface area contributed by atoms with Crippen LogP contribution in [0.25, 0.3) is 6.08 Å². The lowest BCUT2D eigenvalue weighted by molar-refractivity contribution is -0.116. The van der Waals surface area contributed by atoms with Crippen LogP contribution in [0.15, 0.2) is 53.4 Å². The van der Waals surface area contributed by atoms with Crippen molar-refractivity contribution in [2.45, 2.75) is 19.0 Å². The number of hydrogen-bond acceptors (Lipinski definition) is 5. The maximum Gasteiger partial charge on any atom is 0.260 e. The molecular weight excluding hydrogens is 550 g/mol. The third kappa shape index (κ3) is 6.32. The standard InChI is InChI=1S/C25H20Cl4N2O3S/c1-13-3-5-17(27)11-20(13)30-25-31-24(32)22(35-25)9-14-7-19(29)23(21(8-14)33-2)34-12-15-4-6-16(26)10-18(15)28/h3-11,25,30H,12H2,1-2H3,(H,31,32)/b22-9-. The van der Waals surface area contributed by atoms with Crippen LogP contribution in [0.1, 0.15) is 16.7 Å². The second-order valence-corrected chi connectivity index (χ2v) is 10.5. The number of thioether (sulfide) groups is 1. The van der Waals surface area contributed by atoms with Gasteiger partial charge in [-0.3, -0.25) is 4.79 Å². The van der Waals surface area contributed by atoms with Crippen molar-refractivity contribution in [3.63, 3.8) is 0 Å². The minimum atomic E-state index is -0.338. The van der Waals surface area contributed by atoms with Crippen LogP contribution < -0.4 is 20.1 Å². The summed E-state index contributed by atoms with van der Waals surface area (Å²) >= 11 is 26.2. The zero-order valence-electron chi connectivity index (χ0n) is 18.6. The molecule has 182 valence electrons. The number of benzene rings is 3.